The number of piperidine rings is 1. The minimum atomic E-state index is 0.171. The van der Waals surface area contributed by atoms with E-state index in [4.69, 9.17) is 0 Å². The van der Waals surface area contributed by atoms with Gasteiger partial charge in [0.15, 0.2) is 0 Å². The molecule has 1 aliphatic heterocycles. The molecule has 3 nitrogen and oxygen atoms in total. The van der Waals surface area contributed by atoms with Crippen LogP contribution in [0.1, 0.15) is 20.8 Å². The van der Waals surface area contributed by atoms with Crippen molar-refractivity contribution in [3.63, 3.8) is 0 Å². The lowest BCUT2D eigenvalue weighted by Gasteiger charge is -2.43. The van der Waals surface area contributed by atoms with Crippen molar-refractivity contribution in [1.82, 2.24) is 9.80 Å². The Hall–Kier alpha value is -0.570. The zero-order valence-electron chi connectivity index (χ0n) is 9.95. The predicted octanol–water partition coefficient (Wildman–Crippen LogP) is 1.05. The summed E-state index contributed by atoms with van der Waals surface area (Å²) >= 11 is 0. The fraction of sp³-hybridized carbons (Fsp3) is 0.909. The minimum Gasteiger partial charge on any atom is -0.341 e. The number of likely N-dealkylation sites (N-methyl/N-ethyl adjacent to an activating group) is 2. The lowest BCUT2D eigenvalue weighted by Crippen LogP contribution is -2.54. The van der Waals surface area contributed by atoms with Crippen LogP contribution in [0.25, 0.3) is 0 Å². The largest absolute Gasteiger partial charge is 0.341 e. The van der Waals surface area contributed by atoms with E-state index in [2.05, 4.69) is 25.8 Å². The zero-order chi connectivity index (χ0) is 10.9. The summed E-state index contributed by atoms with van der Waals surface area (Å²) in [7, 11) is 4.04. The molecule has 3 unspecified atom stereocenters. The third-order valence-electron chi connectivity index (χ3n) is 3.60. The Kier molecular flexibility index (Phi) is 3.53. The second-order valence-corrected chi connectivity index (χ2v) is 4.75. The van der Waals surface area contributed by atoms with Crippen molar-refractivity contribution < 1.29 is 4.79 Å². The SMILES string of the molecule is CC(=O)N(C)C1CN(C)CC(C)C1C. The smallest absolute Gasteiger partial charge is 0.219 e. The van der Waals surface area contributed by atoms with E-state index in [0.29, 0.717) is 17.9 Å². The summed E-state index contributed by atoms with van der Waals surface area (Å²) in [5, 5.41) is 0. The number of hydrogen-bond donors (Lipinski definition) is 0. The van der Waals surface area contributed by atoms with Crippen molar-refractivity contribution in [2.45, 2.75) is 26.8 Å². The number of nitrogens with zero attached hydrogens (tertiary/aromatic N) is 2. The van der Waals surface area contributed by atoms with Crippen LogP contribution in [0.4, 0.5) is 0 Å². The molecule has 0 bridgehead atoms. The molecule has 0 N–H and O–H groups in total. The Morgan fingerprint density at radius 1 is 1.36 bits per heavy atom. The number of rotatable bonds is 1. The van der Waals surface area contributed by atoms with Crippen LogP contribution in [0, 0.1) is 11.8 Å². The van der Waals surface area contributed by atoms with Gasteiger partial charge in [0.1, 0.15) is 0 Å². The highest BCUT2D eigenvalue weighted by Gasteiger charge is 2.33. The molecule has 0 aromatic carbocycles. The van der Waals surface area contributed by atoms with Gasteiger partial charge in [-0.1, -0.05) is 13.8 Å². The summed E-state index contributed by atoms with van der Waals surface area (Å²) in [5.74, 6) is 1.44. The van der Waals surface area contributed by atoms with E-state index in [1.165, 1.54) is 0 Å². The average Bonchev–Trinajstić information content (AvgIpc) is 2.09. The van der Waals surface area contributed by atoms with E-state index >= 15 is 0 Å². The highest BCUT2D eigenvalue weighted by molar-refractivity contribution is 5.73. The molecule has 1 saturated heterocycles. The Labute approximate surface area is 87.1 Å². The molecule has 1 heterocycles. The van der Waals surface area contributed by atoms with Gasteiger partial charge in [0.05, 0.1) is 0 Å². The molecule has 1 rings (SSSR count). The molecule has 1 amide bonds. The molecule has 1 fully saturated rings. The van der Waals surface area contributed by atoms with Gasteiger partial charge in [0, 0.05) is 33.1 Å². The third kappa shape index (κ3) is 2.27. The van der Waals surface area contributed by atoms with Crippen LogP contribution in [-0.4, -0.2) is 48.9 Å². The molecule has 0 radical (unpaired) electrons. The molecule has 0 aliphatic carbocycles. The van der Waals surface area contributed by atoms with Crippen LogP contribution in [0.5, 0.6) is 0 Å². The van der Waals surface area contributed by atoms with Gasteiger partial charge in [-0.15, -0.1) is 0 Å². The van der Waals surface area contributed by atoms with E-state index in [9.17, 15) is 4.79 Å². The molecule has 1 aliphatic rings. The maximum atomic E-state index is 11.3. The molecular weight excluding hydrogens is 176 g/mol. The second kappa shape index (κ2) is 4.30. The first-order valence-corrected chi connectivity index (χ1v) is 5.35. The van der Waals surface area contributed by atoms with Gasteiger partial charge >= 0.3 is 0 Å². The minimum absolute atomic E-state index is 0.171. The van der Waals surface area contributed by atoms with Crippen LogP contribution in [0.15, 0.2) is 0 Å². The quantitative estimate of drug-likeness (QED) is 0.629. The molecule has 82 valence electrons. The van der Waals surface area contributed by atoms with Crippen LogP contribution >= 0.6 is 0 Å². The highest BCUT2D eigenvalue weighted by atomic mass is 16.2. The van der Waals surface area contributed by atoms with Gasteiger partial charge in [-0.05, 0) is 18.9 Å². The highest BCUT2D eigenvalue weighted by Crippen LogP contribution is 2.25. The lowest BCUT2D eigenvalue weighted by atomic mass is 9.84. The maximum Gasteiger partial charge on any atom is 0.219 e. The Morgan fingerprint density at radius 3 is 2.43 bits per heavy atom. The van der Waals surface area contributed by atoms with Gasteiger partial charge in [-0.2, -0.15) is 0 Å². The Balaban J connectivity index is 2.70. The first kappa shape index (κ1) is 11.5. The van der Waals surface area contributed by atoms with Crippen molar-refractivity contribution in [3.8, 4) is 0 Å². The fourth-order valence-corrected chi connectivity index (χ4v) is 2.31. The van der Waals surface area contributed by atoms with Crippen molar-refractivity contribution in [3.05, 3.63) is 0 Å². The Bertz CT molecular complexity index is 217. The van der Waals surface area contributed by atoms with Gasteiger partial charge in [0.25, 0.3) is 0 Å². The molecule has 0 saturated carbocycles. The molecule has 0 aromatic rings. The first-order chi connectivity index (χ1) is 6.43. The van der Waals surface area contributed by atoms with Gasteiger partial charge < -0.3 is 9.80 Å². The number of likely N-dealkylation sites (tertiary alicyclic amines) is 1. The van der Waals surface area contributed by atoms with E-state index in [1.807, 2.05) is 11.9 Å². The van der Waals surface area contributed by atoms with Crippen molar-refractivity contribution >= 4 is 5.91 Å². The van der Waals surface area contributed by atoms with Gasteiger partial charge in [-0.3, -0.25) is 4.79 Å². The summed E-state index contributed by atoms with van der Waals surface area (Å²) in [6, 6.07) is 0.376. The van der Waals surface area contributed by atoms with Crippen LogP contribution in [0.2, 0.25) is 0 Å². The van der Waals surface area contributed by atoms with Crippen molar-refractivity contribution in [2.24, 2.45) is 11.8 Å². The molecule has 0 aromatic heterocycles. The van der Waals surface area contributed by atoms with Crippen LogP contribution in [-0.2, 0) is 4.79 Å². The monoisotopic (exact) mass is 198 g/mol. The Morgan fingerprint density at radius 2 is 1.93 bits per heavy atom. The van der Waals surface area contributed by atoms with E-state index in [-0.39, 0.29) is 5.91 Å². The summed E-state index contributed by atoms with van der Waals surface area (Å²) in [6.45, 7) is 8.31. The first-order valence-electron chi connectivity index (χ1n) is 5.35. The van der Waals surface area contributed by atoms with Crippen molar-refractivity contribution in [2.75, 3.05) is 27.2 Å². The van der Waals surface area contributed by atoms with Crippen LogP contribution in [0.3, 0.4) is 0 Å². The van der Waals surface area contributed by atoms with E-state index in [0.717, 1.165) is 13.1 Å². The summed E-state index contributed by atoms with van der Waals surface area (Å²) in [4.78, 5) is 15.5. The predicted molar refractivity (Wildman–Crippen MR) is 58.1 cm³/mol. The molecule has 14 heavy (non-hydrogen) atoms. The summed E-state index contributed by atoms with van der Waals surface area (Å²) < 4.78 is 0. The van der Waals surface area contributed by atoms with E-state index < -0.39 is 0 Å². The summed E-state index contributed by atoms with van der Waals surface area (Å²) in [6.07, 6.45) is 0. The average molecular weight is 198 g/mol. The topological polar surface area (TPSA) is 23.6 Å². The third-order valence-corrected chi connectivity index (χ3v) is 3.60. The number of hydrogen-bond acceptors (Lipinski definition) is 2. The fourth-order valence-electron chi connectivity index (χ4n) is 2.31. The molecule has 3 atom stereocenters. The van der Waals surface area contributed by atoms with Gasteiger partial charge in [-0.25, -0.2) is 0 Å². The standard InChI is InChI=1S/C11H22N2O/c1-8-6-12(4)7-11(9(8)2)13(5)10(3)14/h8-9,11H,6-7H2,1-5H3. The number of amides is 1. The molecular formula is C11H22N2O. The molecule has 3 heteroatoms. The van der Waals surface area contributed by atoms with Crippen LogP contribution < -0.4 is 0 Å². The number of carbonyl (C=O) groups excluding carboxylic acids is 1. The normalized spacial score (nSPS) is 34.2. The molecule has 0 spiro atoms. The van der Waals surface area contributed by atoms with Crippen molar-refractivity contribution in [1.29, 1.82) is 0 Å². The number of carbonyl (C=O) groups is 1. The van der Waals surface area contributed by atoms with Gasteiger partial charge in [0.2, 0.25) is 5.91 Å². The lowest BCUT2D eigenvalue weighted by molar-refractivity contribution is -0.132. The summed E-state index contributed by atoms with van der Waals surface area (Å²) in [5.41, 5.74) is 0. The second-order valence-electron chi connectivity index (χ2n) is 4.75. The zero-order valence-corrected chi connectivity index (χ0v) is 9.95. The maximum absolute atomic E-state index is 11.3. The van der Waals surface area contributed by atoms with E-state index in [1.54, 1.807) is 6.92 Å².